The Bertz CT molecular complexity index is 317. The zero-order valence-corrected chi connectivity index (χ0v) is 12.9. The second-order valence-electron chi connectivity index (χ2n) is 4.56. The normalized spacial score (nSPS) is 15.8. The number of rotatable bonds is 2. The van der Waals surface area contributed by atoms with Crippen LogP contribution in [0.3, 0.4) is 0 Å². The summed E-state index contributed by atoms with van der Waals surface area (Å²) in [6, 6.07) is 0. The van der Waals surface area contributed by atoms with E-state index in [2.05, 4.69) is 36.1 Å². The molecule has 0 fully saturated rings. The van der Waals surface area contributed by atoms with Gasteiger partial charge in [0.05, 0.1) is 0 Å². The van der Waals surface area contributed by atoms with Crippen LogP contribution in [0.5, 0.6) is 0 Å². The summed E-state index contributed by atoms with van der Waals surface area (Å²) in [7, 11) is -0.473. The maximum atomic E-state index is 7.12. The monoisotopic (exact) mass is 302 g/mol. The molecule has 1 rings (SSSR count). The molecule has 1 N–H and O–H groups in total. The first-order valence-electron chi connectivity index (χ1n) is 5.32. The molecule has 0 saturated heterocycles. The van der Waals surface area contributed by atoms with Gasteiger partial charge >= 0.3 is 17.1 Å². The van der Waals surface area contributed by atoms with Crippen molar-refractivity contribution < 1.29 is 17.1 Å². The second kappa shape index (κ2) is 9.61. The van der Waals surface area contributed by atoms with Gasteiger partial charge < -0.3 is 5.73 Å². The van der Waals surface area contributed by atoms with Gasteiger partial charge in [0, 0.05) is 12.3 Å². The summed E-state index contributed by atoms with van der Waals surface area (Å²) in [5.74, 6) is 0. The molecule has 102 valence electrons. The van der Waals surface area contributed by atoms with E-state index in [1.807, 2.05) is 11.5 Å². The van der Waals surface area contributed by atoms with Crippen molar-refractivity contribution in [3.8, 4) is 0 Å². The number of aliphatic imine (C=N–C) groups is 1. The quantitative estimate of drug-likeness (QED) is 0.543. The van der Waals surface area contributed by atoms with E-state index in [0.717, 1.165) is 18.7 Å². The number of allylic oxidation sites excluding steroid dienone is 2. The first-order valence-corrected chi connectivity index (χ1v) is 8.24. The van der Waals surface area contributed by atoms with E-state index in [1.165, 1.54) is 6.42 Å². The molecular weight excluding hydrogens is 280 g/mol. The fourth-order valence-electron chi connectivity index (χ4n) is 1.18. The standard InChI is InChI=1S/C7H11N2.C6H12S.Cu/c1-6(8)5-7-3-2-4-9-7;1-5-6-7(2,3)4;/h5,8H,2-4H2,1H3;6H,1H2,2-4H3;/q-1;;+1/b6-5-;;. The molecule has 1 aliphatic heterocycles. The Morgan fingerprint density at radius 3 is 2.29 bits per heavy atom. The van der Waals surface area contributed by atoms with Gasteiger partial charge in [-0.25, -0.2) is 10.0 Å². The topological polar surface area (TPSA) is 36.2 Å². The van der Waals surface area contributed by atoms with Crippen LogP contribution in [-0.2, 0) is 17.1 Å². The van der Waals surface area contributed by atoms with E-state index in [-0.39, 0.29) is 17.1 Å². The van der Waals surface area contributed by atoms with Gasteiger partial charge in [0.15, 0.2) is 0 Å². The van der Waals surface area contributed by atoms with Crippen molar-refractivity contribution in [1.82, 2.24) is 0 Å². The molecule has 2 nitrogen and oxygen atoms in total. The summed E-state index contributed by atoms with van der Waals surface area (Å²) >= 11 is 0. The molecule has 0 atom stereocenters. The van der Waals surface area contributed by atoms with Gasteiger partial charge in [-0.1, -0.05) is 19.6 Å². The van der Waals surface area contributed by atoms with Gasteiger partial charge in [-0.05, 0) is 37.0 Å². The third-order valence-electron chi connectivity index (χ3n) is 1.73. The van der Waals surface area contributed by atoms with E-state index < -0.39 is 10.0 Å². The number of hydrogen-bond acceptors (Lipinski definition) is 1. The van der Waals surface area contributed by atoms with E-state index in [1.54, 1.807) is 6.92 Å². The summed E-state index contributed by atoms with van der Waals surface area (Å²) in [5.41, 5.74) is 11.6. The fourth-order valence-corrected chi connectivity index (χ4v) is 1.68. The smallest absolute Gasteiger partial charge is 0.702 e. The molecule has 0 aliphatic carbocycles. The molecule has 0 aromatic rings. The van der Waals surface area contributed by atoms with Crippen LogP contribution < -0.4 is 0 Å². The molecule has 0 amide bonds. The predicted octanol–water partition coefficient (Wildman–Crippen LogP) is 4.15. The summed E-state index contributed by atoms with van der Waals surface area (Å²) in [6.07, 6.45) is 10.7. The van der Waals surface area contributed by atoms with Crippen LogP contribution in [0.2, 0.25) is 0 Å². The molecule has 4 heteroatoms. The van der Waals surface area contributed by atoms with Crippen molar-refractivity contribution in [2.24, 2.45) is 4.99 Å². The first kappa shape index (κ1) is 19.0. The Hall–Kier alpha value is -0.401. The molecule has 0 radical (unpaired) electrons. The maximum Gasteiger partial charge on any atom is 1.00 e. The summed E-state index contributed by atoms with van der Waals surface area (Å²) in [4.78, 5) is 4.20. The van der Waals surface area contributed by atoms with Crippen molar-refractivity contribution in [2.45, 2.75) is 19.8 Å². The SMILES string of the molecule is C/C([NH-])=C/C1=NCCC1.C=C=CS(C)(C)C.[Cu+]. The molecule has 0 aromatic heterocycles. The van der Waals surface area contributed by atoms with Gasteiger partial charge in [0.1, 0.15) is 0 Å². The Morgan fingerprint density at radius 1 is 1.47 bits per heavy atom. The molecule has 0 spiro atoms. The zero-order valence-electron chi connectivity index (χ0n) is 11.1. The van der Waals surface area contributed by atoms with Crippen LogP contribution in [0, 0.1) is 0 Å². The number of nitrogens with zero attached hydrogens (tertiary/aromatic N) is 1. The van der Waals surface area contributed by atoms with E-state index in [0.29, 0.717) is 5.70 Å². The molecule has 1 heterocycles. The number of hydrogen-bond donors (Lipinski definition) is 0. The predicted molar refractivity (Wildman–Crippen MR) is 78.7 cm³/mol. The van der Waals surface area contributed by atoms with Gasteiger partial charge in [-0.15, -0.1) is 5.73 Å². The van der Waals surface area contributed by atoms with Crippen molar-refractivity contribution in [3.05, 3.63) is 35.2 Å². The van der Waals surface area contributed by atoms with Crippen LogP contribution in [0.4, 0.5) is 0 Å². The van der Waals surface area contributed by atoms with Gasteiger partial charge in [0.2, 0.25) is 0 Å². The Balaban J connectivity index is 0. The average Bonchev–Trinajstić information content (AvgIpc) is 2.54. The van der Waals surface area contributed by atoms with Crippen molar-refractivity contribution in [1.29, 1.82) is 0 Å². The molecule has 0 bridgehead atoms. The average molecular weight is 303 g/mol. The number of nitrogens with one attached hydrogen (secondary N) is 1. The van der Waals surface area contributed by atoms with Crippen LogP contribution in [0.25, 0.3) is 5.73 Å². The Morgan fingerprint density at radius 2 is 2.06 bits per heavy atom. The van der Waals surface area contributed by atoms with E-state index in [4.69, 9.17) is 5.73 Å². The molecular formula is C13H23CuN2S. The maximum absolute atomic E-state index is 7.12. The van der Waals surface area contributed by atoms with Crippen molar-refractivity contribution in [3.63, 3.8) is 0 Å². The summed E-state index contributed by atoms with van der Waals surface area (Å²) in [5, 5.41) is 2.03. The van der Waals surface area contributed by atoms with Gasteiger partial charge in [0.25, 0.3) is 0 Å². The van der Waals surface area contributed by atoms with E-state index in [9.17, 15) is 0 Å². The zero-order chi connectivity index (χ0) is 12.6. The summed E-state index contributed by atoms with van der Waals surface area (Å²) in [6.45, 7) is 6.22. The third kappa shape index (κ3) is 13.5. The minimum Gasteiger partial charge on any atom is -0.702 e. The molecule has 1 aliphatic rings. The minimum atomic E-state index is -0.473. The fraction of sp³-hybridized carbons (Fsp3) is 0.538. The molecule has 0 saturated carbocycles. The molecule has 0 aromatic carbocycles. The summed E-state index contributed by atoms with van der Waals surface area (Å²) < 4.78 is 0. The molecule has 17 heavy (non-hydrogen) atoms. The van der Waals surface area contributed by atoms with Crippen molar-refractivity contribution >= 4 is 15.7 Å². The minimum absolute atomic E-state index is 0. The van der Waals surface area contributed by atoms with Crippen molar-refractivity contribution in [2.75, 3.05) is 25.3 Å². The van der Waals surface area contributed by atoms with Crippen LogP contribution >= 0.6 is 10.0 Å². The largest absolute Gasteiger partial charge is 1.00 e. The van der Waals surface area contributed by atoms with Gasteiger partial charge in [-0.3, -0.25) is 4.99 Å². The first-order chi connectivity index (χ1) is 7.35. The van der Waals surface area contributed by atoms with Gasteiger partial charge in [-0.2, -0.15) is 5.70 Å². The Labute approximate surface area is 118 Å². The second-order valence-corrected chi connectivity index (χ2v) is 8.66. The Kier molecular flexibility index (Phi) is 10.7. The third-order valence-corrected chi connectivity index (χ3v) is 2.60. The van der Waals surface area contributed by atoms with Crippen LogP contribution in [-0.4, -0.2) is 31.0 Å². The van der Waals surface area contributed by atoms with Crippen LogP contribution in [0.15, 0.2) is 34.5 Å². The van der Waals surface area contributed by atoms with E-state index >= 15 is 0 Å². The van der Waals surface area contributed by atoms with Crippen LogP contribution in [0.1, 0.15) is 19.8 Å². The molecule has 0 unspecified atom stereocenters.